The van der Waals surface area contributed by atoms with Crippen LogP contribution in [0.15, 0.2) is 29.2 Å². The summed E-state index contributed by atoms with van der Waals surface area (Å²) in [6, 6.07) is 6.19. The van der Waals surface area contributed by atoms with Crippen LogP contribution in [-0.2, 0) is 14.6 Å². The average molecular weight is 255 g/mol. The van der Waals surface area contributed by atoms with E-state index in [2.05, 4.69) is 0 Å². The topological polar surface area (TPSA) is 63.7 Å². The first-order valence-corrected chi connectivity index (χ1v) is 7.05. The quantitative estimate of drug-likeness (QED) is 0.802. The van der Waals surface area contributed by atoms with Gasteiger partial charge in [-0.15, -0.1) is 0 Å². The maximum atomic E-state index is 11.5. The smallest absolute Gasteiger partial charge is 0.414 e. The van der Waals surface area contributed by atoms with Gasteiger partial charge in [0.1, 0.15) is 6.10 Å². The summed E-state index contributed by atoms with van der Waals surface area (Å²) in [5.41, 5.74) is 0.645. The van der Waals surface area contributed by atoms with Crippen molar-refractivity contribution in [3.63, 3.8) is 0 Å². The molecule has 6 heteroatoms. The third kappa shape index (κ3) is 2.41. The SMILES string of the molecule is CC1CN(c2ccc(S(C)(=O)=O)cc2)C(=O)O1. The number of carbonyl (C=O) groups is 1. The van der Waals surface area contributed by atoms with Crippen molar-refractivity contribution in [3.05, 3.63) is 24.3 Å². The Bertz CT molecular complexity index is 535. The molecule has 1 aliphatic rings. The van der Waals surface area contributed by atoms with Crippen LogP contribution in [0.5, 0.6) is 0 Å². The Morgan fingerprint density at radius 2 is 1.88 bits per heavy atom. The van der Waals surface area contributed by atoms with E-state index in [0.717, 1.165) is 6.26 Å². The first kappa shape index (κ1) is 11.9. The number of nitrogens with zero attached hydrogens (tertiary/aromatic N) is 1. The second-order valence-electron chi connectivity index (χ2n) is 4.07. The lowest BCUT2D eigenvalue weighted by Crippen LogP contribution is -2.23. The minimum Gasteiger partial charge on any atom is -0.444 e. The molecule has 2 rings (SSSR count). The summed E-state index contributed by atoms with van der Waals surface area (Å²) in [4.78, 5) is 13.2. The van der Waals surface area contributed by atoms with Gasteiger partial charge in [-0.05, 0) is 31.2 Å². The number of hydrogen-bond donors (Lipinski definition) is 0. The number of carbonyl (C=O) groups excluding carboxylic acids is 1. The van der Waals surface area contributed by atoms with Crippen LogP contribution in [0.4, 0.5) is 10.5 Å². The summed E-state index contributed by atoms with van der Waals surface area (Å²) >= 11 is 0. The highest BCUT2D eigenvalue weighted by atomic mass is 32.2. The average Bonchev–Trinajstić information content (AvgIpc) is 2.57. The van der Waals surface area contributed by atoms with Crippen molar-refractivity contribution in [2.45, 2.75) is 17.9 Å². The molecule has 1 saturated heterocycles. The molecule has 1 heterocycles. The van der Waals surface area contributed by atoms with E-state index in [9.17, 15) is 13.2 Å². The molecule has 1 amide bonds. The summed E-state index contributed by atoms with van der Waals surface area (Å²) in [6.07, 6.45) is 0.607. The molecule has 1 aromatic carbocycles. The van der Waals surface area contributed by atoms with Gasteiger partial charge < -0.3 is 4.74 Å². The molecular formula is C11H13NO4S. The van der Waals surface area contributed by atoms with Crippen LogP contribution in [0, 0.1) is 0 Å². The zero-order valence-corrected chi connectivity index (χ0v) is 10.4. The number of amides is 1. The molecule has 5 nitrogen and oxygen atoms in total. The van der Waals surface area contributed by atoms with Crippen molar-refractivity contribution < 1.29 is 17.9 Å². The largest absolute Gasteiger partial charge is 0.444 e. The molecule has 0 radical (unpaired) electrons. The number of benzene rings is 1. The lowest BCUT2D eigenvalue weighted by atomic mass is 10.3. The fourth-order valence-electron chi connectivity index (χ4n) is 1.69. The first-order chi connectivity index (χ1) is 7.88. The molecule has 0 saturated carbocycles. The number of rotatable bonds is 2. The molecular weight excluding hydrogens is 242 g/mol. The highest BCUT2D eigenvalue weighted by Crippen LogP contribution is 2.22. The van der Waals surface area contributed by atoms with Crippen LogP contribution in [0.1, 0.15) is 6.92 Å². The van der Waals surface area contributed by atoms with Crippen LogP contribution in [0.3, 0.4) is 0 Å². The van der Waals surface area contributed by atoms with Gasteiger partial charge in [0.05, 0.1) is 11.4 Å². The van der Waals surface area contributed by atoms with E-state index in [1.54, 1.807) is 12.1 Å². The maximum absolute atomic E-state index is 11.5. The molecule has 0 aromatic heterocycles. The van der Waals surface area contributed by atoms with E-state index in [4.69, 9.17) is 4.74 Å². The van der Waals surface area contributed by atoms with Gasteiger partial charge in [-0.3, -0.25) is 4.90 Å². The van der Waals surface area contributed by atoms with Gasteiger partial charge in [0.15, 0.2) is 9.84 Å². The molecule has 1 aromatic rings. The highest BCUT2D eigenvalue weighted by Gasteiger charge is 2.29. The van der Waals surface area contributed by atoms with Gasteiger partial charge in [-0.2, -0.15) is 0 Å². The predicted molar refractivity (Wildman–Crippen MR) is 62.8 cm³/mol. The Kier molecular flexibility index (Phi) is 2.82. The van der Waals surface area contributed by atoms with Gasteiger partial charge in [0, 0.05) is 11.9 Å². The second kappa shape index (κ2) is 4.03. The van der Waals surface area contributed by atoms with Crippen molar-refractivity contribution in [2.24, 2.45) is 0 Å². The van der Waals surface area contributed by atoms with Crippen LogP contribution >= 0.6 is 0 Å². The maximum Gasteiger partial charge on any atom is 0.414 e. The fourth-order valence-corrected chi connectivity index (χ4v) is 2.32. The lowest BCUT2D eigenvalue weighted by molar-refractivity contribution is 0.150. The van der Waals surface area contributed by atoms with E-state index < -0.39 is 15.9 Å². The monoisotopic (exact) mass is 255 g/mol. The van der Waals surface area contributed by atoms with Crippen LogP contribution in [-0.4, -0.2) is 33.4 Å². The molecule has 0 aliphatic carbocycles. The lowest BCUT2D eigenvalue weighted by Gasteiger charge is -2.12. The zero-order chi connectivity index (χ0) is 12.6. The van der Waals surface area contributed by atoms with Gasteiger partial charge in [-0.25, -0.2) is 13.2 Å². The molecule has 1 aliphatic heterocycles. The summed E-state index contributed by atoms with van der Waals surface area (Å²) < 4.78 is 27.5. The van der Waals surface area contributed by atoms with Gasteiger partial charge in [0.25, 0.3) is 0 Å². The van der Waals surface area contributed by atoms with E-state index in [0.29, 0.717) is 12.2 Å². The zero-order valence-electron chi connectivity index (χ0n) is 9.58. The predicted octanol–water partition coefficient (Wildman–Crippen LogP) is 1.44. The number of cyclic esters (lactones) is 1. The van der Waals surface area contributed by atoms with Crippen LogP contribution in [0.25, 0.3) is 0 Å². The summed E-state index contributed by atoms with van der Waals surface area (Å²) in [7, 11) is -3.20. The standard InChI is InChI=1S/C11H13NO4S/c1-8-7-12(11(13)16-8)9-3-5-10(6-4-9)17(2,14)15/h3-6,8H,7H2,1-2H3. The minimum absolute atomic E-state index is 0.142. The first-order valence-electron chi connectivity index (χ1n) is 5.16. The normalized spacial score (nSPS) is 20.5. The number of hydrogen-bond acceptors (Lipinski definition) is 4. The second-order valence-corrected chi connectivity index (χ2v) is 6.09. The number of anilines is 1. The van der Waals surface area contributed by atoms with Crippen molar-refractivity contribution >= 4 is 21.6 Å². The Hall–Kier alpha value is -1.56. The molecule has 0 N–H and O–H groups in total. The Balaban J connectivity index is 2.28. The fraction of sp³-hybridized carbons (Fsp3) is 0.364. The summed E-state index contributed by atoms with van der Waals surface area (Å²) in [6.45, 7) is 2.29. The Labute approximate surface area is 99.9 Å². The van der Waals surface area contributed by atoms with E-state index >= 15 is 0 Å². The van der Waals surface area contributed by atoms with Crippen LogP contribution in [0.2, 0.25) is 0 Å². The molecule has 0 bridgehead atoms. The molecule has 1 atom stereocenters. The molecule has 17 heavy (non-hydrogen) atoms. The third-order valence-corrected chi connectivity index (χ3v) is 3.67. The Morgan fingerprint density at radius 3 is 2.29 bits per heavy atom. The number of ether oxygens (including phenoxy) is 1. The number of sulfone groups is 1. The summed E-state index contributed by atoms with van der Waals surface area (Å²) in [5.74, 6) is 0. The van der Waals surface area contributed by atoms with Crippen LogP contribution < -0.4 is 4.90 Å². The van der Waals surface area contributed by atoms with E-state index in [1.165, 1.54) is 17.0 Å². The van der Waals surface area contributed by atoms with E-state index in [-0.39, 0.29) is 11.0 Å². The Morgan fingerprint density at radius 1 is 1.29 bits per heavy atom. The molecule has 1 unspecified atom stereocenters. The van der Waals surface area contributed by atoms with E-state index in [1.807, 2.05) is 6.92 Å². The third-order valence-electron chi connectivity index (χ3n) is 2.54. The van der Waals surface area contributed by atoms with Crippen molar-refractivity contribution in [2.75, 3.05) is 17.7 Å². The van der Waals surface area contributed by atoms with Crippen molar-refractivity contribution in [3.8, 4) is 0 Å². The van der Waals surface area contributed by atoms with Crippen molar-refractivity contribution in [1.29, 1.82) is 0 Å². The molecule has 1 fully saturated rings. The van der Waals surface area contributed by atoms with Gasteiger partial charge >= 0.3 is 6.09 Å². The molecule has 0 spiro atoms. The van der Waals surface area contributed by atoms with Gasteiger partial charge in [-0.1, -0.05) is 0 Å². The van der Waals surface area contributed by atoms with Gasteiger partial charge in [0.2, 0.25) is 0 Å². The molecule has 92 valence electrons. The highest BCUT2D eigenvalue weighted by molar-refractivity contribution is 7.90. The van der Waals surface area contributed by atoms with Crippen molar-refractivity contribution in [1.82, 2.24) is 0 Å². The summed E-state index contributed by atoms with van der Waals surface area (Å²) in [5, 5.41) is 0. The minimum atomic E-state index is -3.20.